The summed E-state index contributed by atoms with van der Waals surface area (Å²) in [6.07, 6.45) is 2.28. The van der Waals surface area contributed by atoms with Gasteiger partial charge in [-0.3, -0.25) is 9.59 Å². The van der Waals surface area contributed by atoms with E-state index in [1.165, 1.54) is 15.4 Å². The van der Waals surface area contributed by atoms with Crippen LogP contribution < -0.4 is 10.1 Å². The van der Waals surface area contributed by atoms with Gasteiger partial charge in [-0.15, -0.1) is 0 Å². The maximum Gasteiger partial charge on any atom is 0.246 e. The molecule has 186 valence electrons. The van der Waals surface area contributed by atoms with Crippen molar-refractivity contribution in [1.29, 1.82) is 0 Å². The molecule has 0 unspecified atom stereocenters. The summed E-state index contributed by atoms with van der Waals surface area (Å²) in [5, 5.41) is 8.53. The summed E-state index contributed by atoms with van der Waals surface area (Å²) in [4.78, 5) is 25.1. The molecule has 0 spiro atoms. The van der Waals surface area contributed by atoms with E-state index in [4.69, 9.17) is 4.74 Å². The van der Waals surface area contributed by atoms with Gasteiger partial charge < -0.3 is 10.1 Å². The van der Waals surface area contributed by atoms with Crippen molar-refractivity contribution in [3.63, 3.8) is 0 Å². The van der Waals surface area contributed by atoms with E-state index in [9.17, 15) is 18.0 Å². The number of benzene rings is 2. The van der Waals surface area contributed by atoms with Crippen molar-refractivity contribution in [1.82, 2.24) is 9.31 Å². The Hall–Kier alpha value is -3.24. The Bertz CT molecular complexity index is 1210. The van der Waals surface area contributed by atoms with E-state index in [0.717, 1.165) is 24.1 Å². The molecule has 35 heavy (non-hydrogen) atoms. The first-order chi connectivity index (χ1) is 16.9. The number of hydrogen-bond acceptors (Lipinski definition) is 6. The third kappa shape index (κ3) is 5.88. The van der Waals surface area contributed by atoms with E-state index in [1.54, 1.807) is 19.1 Å². The molecule has 2 amide bonds. The highest BCUT2D eigenvalue weighted by molar-refractivity contribution is 7.89. The smallest absolute Gasteiger partial charge is 0.246 e. The van der Waals surface area contributed by atoms with E-state index in [-0.39, 0.29) is 35.3 Å². The second kappa shape index (κ2) is 11.0. The van der Waals surface area contributed by atoms with Gasteiger partial charge in [0.1, 0.15) is 10.6 Å². The van der Waals surface area contributed by atoms with Gasteiger partial charge in [0.05, 0.1) is 18.9 Å². The van der Waals surface area contributed by atoms with Gasteiger partial charge in [-0.2, -0.15) is 9.41 Å². The van der Waals surface area contributed by atoms with Crippen molar-refractivity contribution in [2.24, 2.45) is 5.10 Å². The van der Waals surface area contributed by atoms with Crippen LogP contribution in [-0.4, -0.2) is 61.5 Å². The topological polar surface area (TPSA) is 108 Å². The third-order valence-corrected chi connectivity index (χ3v) is 7.89. The predicted octanol–water partition coefficient (Wildman–Crippen LogP) is 3.23. The molecule has 1 fully saturated rings. The summed E-state index contributed by atoms with van der Waals surface area (Å²) in [6.45, 7) is 3.53. The van der Waals surface area contributed by atoms with E-state index < -0.39 is 10.0 Å². The lowest BCUT2D eigenvalue weighted by molar-refractivity contribution is -0.132. The van der Waals surface area contributed by atoms with Gasteiger partial charge in [0.15, 0.2) is 0 Å². The first-order valence-electron chi connectivity index (χ1n) is 11.9. The fraction of sp³-hybridized carbons (Fsp3) is 0.400. The van der Waals surface area contributed by atoms with Crippen LogP contribution in [-0.2, 0) is 19.6 Å². The Morgan fingerprint density at radius 2 is 1.77 bits per heavy atom. The van der Waals surface area contributed by atoms with E-state index in [0.29, 0.717) is 38.3 Å². The van der Waals surface area contributed by atoms with Gasteiger partial charge in [-0.25, -0.2) is 13.4 Å². The minimum absolute atomic E-state index is 0.00731. The Kier molecular flexibility index (Phi) is 7.82. The highest BCUT2D eigenvalue weighted by Gasteiger charge is 2.30. The average Bonchev–Trinajstić information content (AvgIpc) is 3.57. The normalized spacial score (nSPS) is 16.3. The van der Waals surface area contributed by atoms with Crippen LogP contribution in [0, 0.1) is 0 Å². The quantitative estimate of drug-likeness (QED) is 0.571. The minimum Gasteiger partial charge on any atom is -0.492 e. The van der Waals surface area contributed by atoms with E-state index in [1.807, 2.05) is 30.3 Å². The SMILES string of the molecule is CCOc1ccc(NC(=O)CCC(=O)N2CCC(c3ccccc3)=N2)cc1S(=O)(=O)N1CCCC1. The fourth-order valence-corrected chi connectivity index (χ4v) is 5.85. The molecule has 10 heteroatoms. The van der Waals surface area contributed by atoms with Gasteiger partial charge in [0.2, 0.25) is 21.8 Å². The highest BCUT2D eigenvalue weighted by Crippen LogP contribution is 2.31. The lowest BCUT2D eigenvalue weighted by Gasteiger charge is -2.19. The van der Waals surface area contributed by atoms with Gasteiger partial charge in [0, 0.05) is 38.0 Å². The minimum atomic E-state index is -3.73. The molecule has 2 aromatic rings. The average molecular weight is 499 g/mol. The number of hydrazone groups is 1. The molecule has 2 heterocycles. The molecule has 4 rings (SSSR count). The number of ether oxygens (including phenoxy) is 1. The highest BCUT2D eigenvalue weighted by atomic mass is 32.2. The molecule has 9 nitrogen and oxygen atoms in total. The van der Waals surface area contributed by atoms with Crippen LogP contribution in [0.5, 0.6) is 5.75 Å². The monoisotopic (exact) mass is 498 g/mol. The zero-order valence-corrected chi connectivity index (χ0v) is 20.6. The fourth-order valence-electron chi connectivity index (χ4n) is 4.17. The van der Waals surface area contributed by atoms with Crippen LogP contribution in [0.4, 0.5) is 5.69 Å². The van der Waals surface area contributed by atoms with Gasteiger partial charge in [-0.1, -0.05) is 30.3 Å². The second-order valence-corrected chi connectivity index (χ2v) is 10.3. The number of amides is 2. The summed E-state index contributed by atoms with van der Waals surface area (Å²) < 4.78 is 33.2. The first-order valence-corrected chi connectivity index (χ1v) is 13.3. The van der Waals surface area contributed by atoms with Crippen molar-refractivity contribution in [3.8, 4) is 5.75 Å². The van der Waals surface area contributed by atoms with Crippen molar-refractivity contribution < 1.29 is 22.7 Å². The van der Waals surface area contributed by atoms with Crippen LogP contribution >= 0.6 is 0 Å². The second-order valence-electron chi connectivity index (χ2n) is 8.43. The Morgan fingerprint density at radius 3 is 2.49 bits per heavy atom. The van der Waals surface area contributed by atoms with Crippen molar-refractivity contribution in [3.05, 3.63) is 54.1 Å². The Morgan fingerprint density at radius 1 is 1.03 bits per heavy atom. The lowest BCUT2D eigenvalue weighted by Crippen LogP contribution is -2.28. The number of nitrogens with zero attached hydrogens (tertiary/aromatic N) is 3. The van der Waals surface area contributed by atoms with E-state index in [2.05, 4.69) is 10.4 Å². The van der Waals surface area contributed by atoms with Crippen LogP contribution in [0.15, 0.2) is 58.5 Å². The molecule has 0 aromatic heterocycles. The molecule has 0 bridgehead atoms. The number of sulfonamides is 1. The molecule has 0 atom stereocenters. The largest absolute Gasteiger partial charge is 0.492 e. The summed E-state index contributed by atoms with van der Waals surface area (Å²) in [7, 11) is -3.73. The molecular weight excluding hydrogens is 468 g/mol. The molecule has 1 saturated heterocycles. The Balaban J connectivity index is 1.38. The molecule has 2 aliphatic heterocycles. The number of carbonyl (C=O) groups excluding carboxylic acids is 2. The maximum absolute atomic E-state index is 13.1. The molecule has 0 radical (unpaired) electrons. The summed E-state index contributed by atoms with van der Waals surface area (Å²) >= 11 is 0. The van der Waals surface area contributed by atoms with Crippen molar-refractivity contribution in [2.75, 3.05) is 31.6 Å². The zero-order valence-electron chi connectivity index (χ0n) is 19.8. The van der Waals surface area contributed by atoms with Crippen LogP contribution in [0.2, 0.25) is 0 Å². The van der Waals surface area contributed by atoms with Crippen LogP contribution in [0.3, 0.4) is 0 Å². The number of rotatable bonds is 9. The predicted molar refractivity (Wildman–Crippen MR) is 133 cm³/mol. The molecule has 1 N–H and O–H groups in total. The molecule has 2 aliphatic rings. The number of carbonyl (C=O) groups is 2. The summed E-state index contributed by atoms with van der Waals surface area (Å²) in [5.74, 6) is -0.345. The molecule has 2 aromatic carbocycles. The van der Waals surface area contributed by atoms with Crippen molar-refractivity contribution in [2.45, 2.75) is 43.9 Å². The summed E-state index contributed by atoms with van der Waals surface area (Å²) in [5.41, 5.74) is 2.18. The van der Waals surface area contributed by atoms with Crippen LogP contribution in [0.1, 0.15) is 44.6 Å². The lowest BCUT2D eigenvalue weighted by atomic mass is 10.1. The van der Waals surface area contributed by atoms with Crippen molar-refractivity contribution >= 4 is 33.2 Å². The Labute approximate surface area is 205 Å². The number of nitrogens with one attached hydrogen (secondary N) is 1. The standard InChI is InChI=1S/C25H30N4O5S/c1-2-34-22-11-10-20(18-23(22)35(32,33)28-15-6-7-16-28)26-24(30)12-13-25(31)29-17-14-21(27-29)19-8-4-3-5-9-19/h3-5,8-11,18H,2,6-7,12-17H2,1H3,(H,26,30). The molecular formula is C25H30N4O5S. The molecule has 0 saturated carbocycles. The van der Waals surface area contributed by atoms with Gasteiger partial charge >= 0.3 is 0 Å². The summed E-state index contributed by atoms with van der Waals surface area (Å²) in [6, 6.07) is 14.3. The van der Waals surface area contributed by atoms with E-state index >= 15 is 0 Å². The van der Waals surface area contributed by atoms with Crippen LogP contribution in [0.25, 0.3) is 0 Å². The number of hydrogen-bond donors (Lipinski definition) is 1. The first kappa shape index (κ1) is 24.9. The zero-order chi connectivity index (χ0) is 24.8. The van der Waals surface area contributed by atoms with Gasteiger partial charge in [0.25, 0.3) is 0 Å². The molecule has 0 aliphatic carbocycles. The third-order valence-electron chi connectivity index (χ3n) is 5.97. The maximum atomic E-state index is 13.1. The van der Waals surface area contributed by atoms with Gasteiger partial charge in [-0.05, 0) is 43.5 Å². The number of anilines is 1.